The van der Waals surface area contributed by atoms with E-state index < -0.39 is 12.1 Å². The van der Waals surface area contributed by atoms with Crippen LogP contribution >= 0.6 is 0 Å². The fourth-order valence-corrected chi connectivity index (χ4v) is 4.02. The number of fused-ring (bicyclic) bond motifs is 2. The molecule has 2 aromatic carbocycles. The molecule has 0 spiro atoms. The van der Waals surface area contributed by atoms with Crippen LogP contribution in [-0.4, -0.2) is 23.9 Å². The van der Waals surface area contributed by atoms with E-state index in [0.717, 1.165) is 30.5 Å². The summed E-state index contributed by atoms with van der Waals surface area (Å²) in [6.07, 6.45) is 3.20. The van der Waals surface area contributed by atoms with E-state index in [2.05, 4.69) is 10.3 Å². The average molecular weight is 346 g/mol. The summed E-state index contributed by atoms with van der Waals surface area (Å²) in [5.74, 6) is -0.556. The van der Waals surface area contributed by atoms with Crippen molar-refractivity contribution in [1.82, 2.24) is 0 Å². The summed E-state index contributed by atoms with van der Waals surface area (Å²) >= 11 is 0. The van der Waals surface area contributed by atoms with Crippen molar-refractivity contribution < 1.29 is 9.59 Å². The van der Waals surface area contributed by atoms with Gasteiger partial charge in [0.15, 0.2) is 12.1 Å². The van der Waals surface area contributed by atoms with E-state index in [1.165, 1.54) is 16.0 Å². The summed E-state index contributed by atoms with van der Waals surface area (Å²) in [5.41, 5.74) is 5.08. The van der Waals surface area contributed by atoms with Crippen molar-refractivity contribution in [3.63, 3.8) is 0 Å². The molecule has 0 bridgehead atoms. The second-order valence-electron chi connectivity index (χ2n) is 7.09. The highest BCUT2D eigenvalue weighted by Gasteiger charge is 2.55. The van der Waals surface area contributed by atoms with E-state index in [1.807, 2.05) is 49.4 Å². The van der Waals surface area contributed by atoms with Gasteiger partial charge in [0.05, 0.1) is 11.4 Å². The SMILES string of the molecule is Cc1ccc(N2N=NC3C(=O)N(c4ccc5c(c4)CCC5)C(=O)C32)cc1. The maximum absolute atomic E-state index is 13.1. The number of benzene rings is 2. The van der Waals surface area contributed by atoms with E-state index in [4.69, 9.17) is 0 Å². The summed E-state index contributed by atoms with van der Waals surface area (Å²) in [6, 6.07) is 12.1. The minimum absolute atomic E-state index is 0.261. The van der Waals surface area contributed by atoms with Crippen LogP contribution < -0.4 is 9.91 Å². The first-order valence-electron chi connectivity index (χ1n) is 8.90. The van der Waals surface area contributed by atoms with Crippen LogP contribution in [0.5, 0.6) is 0 Å². The molecule has 2 heterocycles. The fourth-order valence-electron chi connectivity index (χ4n) is 4.02. The van der Waals surface area contributed by atoms with Crippen molar-refractivity contribution in [2.75, 3.05) is 9.91 Å². The molecule has 0 radical (unpaired) electrons. The van der Waals surface area contributed by atoms with E-state index in [1.54, 1.807) is 5.01 Å². The number of imide groups is 1. The third-order valence-electron chi connectivity index (χ3n) is 5.42. The molecule has 0 saturated carbocycles. The molecule has 2 amide bonds. The van der Waals surface area contributed by atoms with Crippen molar-refractivity contribution in [3.8, 4) is 0 Å². The number of anilines is 2. The third-order valence-corrected chi connectivity index (χ3v) is 5.42. The Hall–Kier alpha value is -3.02. The molecule has 1 saturated heterocycles. The lowest BCUT2D eigenvalue weighted by molar-refractivity contribution is -0.121. The van der Waals surface area contributed by atoms with Crippen LogP contribution in [0.2, 0.25) is 0 Å². The lowest BCUT2D eigenvalue weighted by Gasteiger charge is -2.21. The Bertz CT molecular complexity index is 951. The second kappa shape index (κ2) is 5.49. The highest BCUT2D eigenvalue weighted by Crippen LogP contribution is 2.36. The largest absolute Gasteiger partial charge is 0.271 e. The summed E-state index contributed by atoms with van der Waals surface area (Å²) in [7, 11) is 0. The smallest absolute Gasteiger partial charge is 0.263 e. The molecular formula is C20H18N4O2. The molecule has 3 aliphatic rings. The molecule has 2 atom stereocenters. The lowest BCUT2D eigenvalue weighted by Crippen LogP contribution is -2.39. The maximum Gasteiger partial charge on any atom is 0.263 e. The first-order chi connectivity index (χ1) is 12.6. The van der Waals surface area contributed by atoms with Gasteiger partial charge in [-0.15, -0.1) is 0 Å². The number of hydrogen-bond acceptors (Lipinski definition) is 5. The van der Waals surface area contributed by atoms with Gasteiger partial charge in [0.2, 0.25) is 0 Å². The van der Waals surface area contributed by atoms with E-state index >= 15 is 0 Å². The Morgan fingerprint density at radius 3 is 2.46 bits per heavy atom. The molecule has 6 nitrogen and oxygen atoms in total. The Kier molecular flexibility index (Phi) is 3.22. The molecule has 2 aliphatic heterocycles. The van der Waals surface area contributed by atoms with Crippen molar-refractivity contribution >= 4 is 23.2 Å². The summed E-state index contributed by atoms with van der Waals surface area (Å²) in [4.78, 5) is 27.2. The fraction of sp³-hybridized carbons (Fsp3) is 0.300. The van der Waals surface area contributed by atoms with Gasteiger partial charge < -0.3 is 0 Å². The average Bonchev–Trinajstić information content (AvgIpc) is 3.33. The number of carbonyl (C=O) groups excluding carboxylic acids is 2. The van der Waals surface area contributed by atoms with E-state index in [0.29, 0.717) is 5.69 Å². The van der Waals surface area contributed by atoms with Crippen LogP contribution in [0.25, 0.3) is 0 Å². The lowest BCUT2D eigenvalue weighted by atomic mass is 10.1. The first kappa shape index (κ1) is 15.3. The van der Waals surface area contributed by atoms with Crippen LogP contribution in [0.1, 0.15) is 23.1 Å². The second-order valence-corrected chi connectivity index (χ2v) is 7.09. The summed E-state index contributed by atoms with van der Waals surface area (Å²) in [5, 5.41) is 9.76. The van der Waals surface area contributed by atoms with Crippen molar-refractivity contribution in [3.05, 3.63) is 59.2 Å². The zero-order valence-corrected chi connectivity index (χ0v) is 14.4. The topological polar surface area (TPSA) is 65.3 Å². The molecule has 5 rings (SSSR count). The molecule has 2 aromatic rings. The quantitative estimate of drug-likeness (QED) is 0.785. The Morgan fingerprint density at radius 2 is 1.65 bits per heavy atom. The molecule has 6 heteroatoms. The molecular weight excluding hydrogens is 328 g/mol. The number of rotatable bonds is 2. The molecule has 26 heavy (non-hydrogen) atoms. The van der Waals surface area contributed by atoms with Crippen LogP contribution in [0.3, 0.4) is 0 Å². The zero-order chi connectivity index (χ0) is 17.8. The van der Waals surface area contributed by atoms with Crippen molar-refractivity contribution in [1.29, 1.82) is 0 Å². The van der Waals surface area contributed by atoms with Gasteiger partial charge in [0.1, 0.15) is 0 Å². The van der Waals surface area contributed by atoms with E-state index in [9.17, 15) is 9.59 Å². The minimum Gasteiger partial charge on any atom is -0.271 e. The van der Waals surface area contributed by atoms with E-state index in [-0.39, 0.29) is 11.8 Å². The van der Waals surface area contributed by atoms with Gasteiger partial charge in [0, 0.05) is 0 Å². The van der Waals surface area contributed by atoms with Crippen LogP contribution in [0, 0.1) is 6.92 Å². The molecule has 2 unspecified atom stereocenters. The standard InChI is InChI=1S/C20H18N4O2/c1-12-5-8-15(9-6-12)24-18-17(21-22-24)19(25)23(20(18)26)16-10-7-13-3-2-4-14(13)11-16/h5-11,17-18H,2-4H2,1H3. The monoisotopic (exact) mass is 346 g/mol. The van der Waals surface area contributed by atoms with Gasteiger partial charge >= 0.3 is 0 Å². The summed E-state index contributed by atoms with van der Waals surface area (Å²) in [6.45, 7) is 2.00. The number of aryl methyl sites for hydroxylation is 3. The van der Waals surface area contributed by atoms with Crippen LogP contribution in [0.15, 0.2) is 52.8 Å². The maximum atomic E-state index is 13.1. The zero-order valence-electron chi connectivity index (χ0n) is 14.4. The third kappa shape index (κ3) is 2.11. The number of nitrogens with zero attached hydrogens (tertiary/aromatic N) is 4. The highest BCUT2D eigenvalue weighted by molar-refractivity contribution is 6.26. The number of hydrogen-bond donors (Lipinski definition) is 0. The molecule has 130 valence electrons. The van der Waals surface area contributed by atoms with Crippen molar-refractivity contribution in [2.24, 2.45) is 10.3 Å². The van der Waals surface area contributed by atoms with Gasteiger partial charge in [-0.2, -0.15) is 5.11 Å². The van der Waals surface area contributed by atoms with Crippen molar-refractivity contribution in [2.45, 2.75) is 38.3 Å². The van der Waals surface area contributed by atoms with Gasteiger partial charge in [-0.05, 0) is 61.6 Å². The molecule has 1 fully saturated rings. The van der Waals surface area contributed by atoms with Gasteiger partial charge in [-0.1, -0.05) is 29.0 Å². The Morgan fingerprint density at radius 1 is 0.923 bits per heavy atom. The highest BCUT2D eigenvalue weighted by atomic mass is 16.2. The van der Waals surface area contributed by atoms with Crippen LogP contribution in [0.4, 0.5) is 11.4 Å². The number of carbonyl (C=O) groups is 2. The normalized spacial score (nSPS) is 23.7. The van der Waals surface area contributed by atoms with Gasteiger partial charge in [-0.3, -0.25) is 9.59 Å². The Labute approximate surface area is 151 Å². The predicted octanol–water partition coefficient (Wildman–Crippen LogP) is 2.98. The molecule has 0 N–H and O–H groups in total. The number of amides is 2. The first-order valence-corrected chi connectivity index (χ1v) is 8.90. The molecule has 0 aromatic heterocycles. The predicted molar refractivity (Wildman–Crippen MR) is 97.1 cm³/mol. The van der Waals surface area contributed by atoms with Gasteiger partial charge in [0.25, 0.3) is 11.8 Å². The minimum atomic E-state index is -0.767. The van der Waals surface area contributed by atoms with Crippen LogP contribution in [-0.2, 0) is 22.4 Å². The molecule has 1 aliphatic carbocycles. The van der Waals surface area contributed by atoms with Gasteiger partial charge in [-0.25, -0.2) is 9.91 Å². The Balaban J connectivity index is 1.50. The summed E-state index contributed by atoms with van der Waals surface area (Å²) < 4.78 is 0.